The standard InChI is InChI=1S/C10H18O2S/c1-12-7-9(11)8-13-10-5-3-2-4-6-10/h10H,2-8H2,1H3. The molecular formula is C10H18O2S. The Balaban J connectivity index is 2.06. The fraction of sp³-hybridized carbons (Fsp3) is 0.900. The second-order valence-corrected chi connectivity index (χ2v) is 4.83. The van der Waals surface area contributed by atoms with Gasteiger partial charge in [-0.3, -0.25) is 4.79 Å². The molecule has 1 fully saturated rings. The molecular weight excluding hydrogens is 184 g/mol. The smallest absolute Gasteiger partial charge is 0.168 e. The third-order valence-corrected chi connectivity index (χ3v) is 3.77. The van der Waals surface area contributed by atoms with E-state index in [0.29, 0.717) is 5.75 Å². The third kappa shape index (κ3) is 4.67. The maximum absolute atomic E-state index is 11.1. The number of ether oxygens (including phenoxy) is 1. The van der Waals surface area contributed by atoms with Crippen LogP contribution in [0, 0.1) is 0 Å². The number of hydrogen-bond donors (Lipinski definition) is 0. The molecule has 0 saturated heterocycles. The number of carbonyl (C=O) groups is 1. The molecule has 0 bridgehead atoms. The van der Waals surface area contributed by atoms with Gasteiger partial charge in [-0.25, -0.2) is 0 Å². The maximum Gasteiger partial charge on any atom is 0.168 e. The summed E-state index contributed by atoms with van der Waals surface area (Å²) in [5, 5.41) is 0.731. The highest BCUT2D eigenvalue weighted by atomic mass is 32.2. The molecule has 0 aromatic carbocycles. The highest BCUT2D eigenvalue weighted by Gasteiger charge is 2.14. The lowest BCUT2D eigenvalue weighted by Crippen LogP contribution is -2.14. The first-order chi connectivity index (χ1) is 6.33. The highest BCUT2D eigenvalue weighted by Crippen LogP contribution is 2.27. The van der Waals surface area contributed by atoms with Crippen LogP contribution < -0.4 is 0 Å². The van der Waals surface area contributed by atoms with Crippen LogP contribution in [-0.4, -0.2) is 30.5 Å². The molecule has 0 heterocycles. The molecule has 0 unspecified atom stereocenters. The number of ketones is 1. The van der Waals surface area contributed by atoms with Crippen molar-refractivity contribution in [3.63, 3.8) is 0 Å². The van der Waals surface area contributed by atoms with Crippen LogP contribution in [0.25, 0.3) is 0 Å². The van der Waals surface area contributed by atoms with Gasteiger partial charge in [-0.05, 0) is 12.8 Å². The Hall–Kier alpha value is -0.0200. The summed E-state index contributed by atoms with van der Waals surface area (Å²) in [6.07, 6.45) is 6.66. The summed E-state index contributed by atoms with van der Waals surface area (Å²) in [5.74, 6) is 0.858. The molecule has 1 aliphatic carbocycles. The zero-order valence-corrected chi connectivity index (χ0v) is 9.07. The van der Waals surface area contributed by atoms with Crippen LogP contribution in [0.2, 0.25) is 0 Å². The topological polar surface area (TPSA) is 26.3 Å². The summed E-state index contributed by atoms with van der Waals surface area (Å²) in [4.78, 5) is 11.1. The number of Topliss-reactive ketones (excluding diaryl/α,β-unsaturated/α-hetero) is 1. The third-order valence-electron chi connectivity index (χ3n) is 2.34. The maximum atomic E-state index is 11.1. The molecule has 1 aliphatic rings. The summed E-state index contributed by atoms with van der Waals surface area (Å²) in [6.45, 7) is 0.277. The Kier molecular flexibility index (Phi) is 5.47. The van der Waals surface area contributed by atoms with E-state index in [2.05, 4.69) is 0 Å². The van der Waals surface area contributed by atoms with Crippen LogP contribution >= 0.6 is 11.8 Å². The fourth-order valence-electron chi connectivity index (χ4n) is 1.65. The van der Waals surface area contributed by atoms with E-state index in [9.17, 15) is 4.79 Å². The summed E-state index contributed by atoms with van der Waals surface area (Å²) in [7, 11) is 1.57. The minimum absolute atomic E-state index is 0.220. The van der Waals surface area contributed by atoms with E-state index in [1.165, 1.54) is 32.1 Å². The molecule has 1 rings (SSSR count). The van der Waals surface area contributed by atoms with Crippen molar-refractivity contribution in [2.24, 2.45) is 0 Å². The van der Waals surface area contributed by atoms with Crippen LogP contribution in [0.1, 0.15) is 32.1 Å². The summed E-state index contributed by atoms with van der Waals surface area (Å²) in [6, 6.07) is 0. The van der Waals surface area contributed by atoms with Crippen molar-refractivity contribution in [2.45, 2.75) is 37.4 Å². The Morgan fingerprint density at radius 1 is 1.38 bits per heavy atom. The van der Waals surface area contributed by atoms with Crippen molar-refractivity contribution >= 4 is 17.5 Å². The van der Waals surface area contributed by atoms with Gasteiger partial charge in [-0.2, -0.15) is 11.8 Å². The lowest BCUT2D eigenvalue weighted by Gasteiger charge is -2.20. The molecule has 0 spiro atoms. The van der Waals surface area contributed by atoms with Gasteiger partial charge >= 0.3 is 0 Å². The van der Waals surface area contributed by atoms with Crippen molar-refractivity contribution in [3.8, 4) is 0 Å². The van der Waals surface area contributed by atoms with Crippen molar-refractivity contribution in [1.29, 1.82) is 0 Å². The van der Waals surface area contributed by atoms with Gasteiger partial charge in [0.2, 0.25) is 0 Å². The van der Waals surface area contributed by atoms with Gasteiger partial charge in [0.25, 0.3) is 0 Å². The van der Waals surface area contributed by atoms with Crippen molar-refractivity contribution in [2.75, 3.05) is 19.5 Å². The van der Waals surface area contributed by atoms with Crippen molar-refractivity contribution in [1.82, 2.24) is 0 Å². The zero-order valence-electron chi connectivity index (χ0n) is 8.25. The molecule has 0 aromatic heterocycles. The van der Waals surface area contributed by atoms with Crippen LogP contribution in [0.5, 0.6) is 0 Å². The first-order valence-electron chi connectivity index (χ1n) is 4.95. The second-order valence-electron chi connectivity index (χ2n) is 3.54. The van der Waals surface area contributed by atoms with Crippen LogP contribution in [-0.2, 0) is 9.53 Å². The van der Waals surface area contributed by atoms with Crippen molar-refractivity contribution in [3.05, 3.63) is 0 Å². The first-order valence-corrected chi connectivity index (χ1v) is 6.00. The van der Waals surface area contributed by atoms with E-state index >= 15 is 0 Å². The van der Waals surface area contributed by atoms with Gasteiger partial charge in [-0.1, -0.05) is 19.3 Å². The van der Waals surface area contributed by atoms with Gasteiger partial charge in [0.1, 0.15) is 6.61 Å². The molecule has 0 aliphatic heterocycles. The van der Waals surface area contributed by atoms with Gasteiger partial charge < -0.3 is 4.74 Å². The van der Waals surface area contributed by atoms with E-state index in [4.69, 9.17) is 4.74 Å². The molecule has 0 atom stereocenters. The van der Waals surface area contributed by atoms with Gasteiger partial charge in [0, 0.05) is 12.4 Å². The minimum Gasteiger partial charge on any atom is -0.377 e. The molecule has 1 saturated carbocycles. The Labute approximate surface area is 84.4 Å². The second kappa shape index (κ2) is 6.44. The van der Waals surface area contributed by atoms with Gasteiger partial charge in [0.15, 0.2) is 5.78 Å². The quantitative estimate of drug-likeness (QED) is 0.684. The Bertz CT molecular complexity index is 153. The van der Waals surface area contributed by atoms with Crippen LogP contribution in [0.4, 0.5) is 0 Å². The van der Waals surface area contributed by atoms with E-state index in [1.807, 2.05) is 11.8 Å². The lowest BCUT2D eigenvalue weighted by atomic mass is 10.0. The van der Waals surface area contributed by atoms with Gasteiger partial charge in [-0.15, -0.1) is 0 Å². The molecule has 0 amide bonds. The molecule has 0 radical (unpaired) electrons. The number of rotatable bonds is 5. The summed E-state index contributed by atoms with van der Waals surface area (Å²) in [5.41, 5.74) is 0. The Morgan fingerprint density at radius 2 is 2.08 bits per heavy atom. The number of thioether (sulfide) groups is 1. The van der Waals surface area contributed by atoms with E-state index in [-0.39, 0.29) is 12.4 Å². The average Bonchev–Trinajstić information content (AvgIpc) is 2.17. The monoisotopic (exact) mass is 202 g/mol. The number of hydrogen-bond acceptors (Lipinski definition) is 3. The van der Waals surface area contributed by atoms with Crippen LogP contribution in [0.15, 0.2) is 0 Å². The lowest BCUT2D eigenvalue weighted by molar-refractivity contribution is -0.120. The molecule has 3 heteroatoms. The highest BCUT2D eigenvalue weighted by molar-refractivity contribution is 8.00. The molecule has 0 N–H and O–H groups in total. The van der Waals surface area contributed by atoms with Crippen molar-refractivity contribution < 1.29 is 9.53 Å². The van der Waals surface area contributed by atoms with E-state index in [1.54, 1.807) is 7.11 Å². The average molecular weight is 202 g/mol. The first kappa shape index (κ1) is 11.1. The van der Waals surface area contributed by atoms with E-state index in [0.717, 1.165) is 5.25 Å². The molecule has 0 aromatic rings. The Morgan fingerprint density at radius 3 is 2.69 bits per heavy atom. The van der Waals surface area contributed by atoms with E-state index < -0.39 is 0 Å². The molecule has 76 valence electrons. The summed E-state index contributed by atoms with van der Waals surface area (Å²) >= 11 is 1.82. The summed E-state index contributed by atoms with van der Waals surface area (Å²) < 4.78 is 4.78. The normalized spacial score (nSPS) is 18.8. The molecule has 2 nitrogen and oxygen atoms in total. The SMILES string of the molecule is COCC(=O)CSC1CCCCC1. The number of carbonyl (C=O) groups excluding carboxylic acids is 1. The minimum atomic E-state index is 0.220. The van der Waals surface area contributed by atoms with Gasteiger partial charge in [0.05, 0.1) is 5.75 Å². The molecule has 13 heavy (non-hydrogen) atoms. The number of methoxy groups -OCH3 is 1. The predicted molar refractivity (Wildman–Crippen MR) is 56.2 cm³/mol. The zero-order chi connectivity index (χ0) is 9.52. The fourth-order valence-corrected chi connectivity index (χ4v) is 2.82. The largest absolute Gasteiger partial charge is 0.377 e. The van der Waals surface area contributed by atoms with Crippen LogP contribution in [0.3, 0.4) is 0 Å². The predicted octanol–water partition coefficient (Wildman–Crippen LogP) is 2.27.